The quantitative estimate of drug-likeness (QED) is 0.907. The van der Waals surface area contributed by atoms with Gasteiger partial charge in [-0.15, -0.1) is 0 Å². The van der Waals surface area contributed by atoms with Gasteiger partial charge in [0.15, 0.2) is 0 Å². The number of piperidine rings is 1. The molecule has 1 unspecified atom stereocenters. The van der Waals surface area contributed by atoms with Crippen LogP contribution in [0.1, 0.15) is 24.4 Å². The molecule has 116 valence electrons. The van der Waals surface area contributed by atoms with Crippen LogP contribution in [-0.4, -0.2) is 30.4 Å². The van der Waals surface area contributed by atoms with Crippen LogP contribution in [0.2, 0.25) is 0 Å². The van der Waals surface area contributed by atoms with E-state index in [1.165, 1.54) is 16.3 Å². The van der Waals surface area contributed by atoms with E-state index in [0.717, 1.165) is 32.5 Å². The fraction of sp³-hybridized carbons (Fsp3) is 0.389. The van der Waals surface area contributed by atoms with Gasteiger partial charge in [0.05, 0.1) is 0 Å². The first-order chi connectivity index (χ1) is 10.6. The van der Waals surface area contributed by atoms with Crippen molar-refractivity contribution in [2.45, 2.75) is 18.9 Å². The zero-order valence-electron chi connectivity index (χ0n) is 12.7. The van der Waals surface area contributed by atoms with Gasteiger partial charge in [0.2, 0.25) is 5.91 Å². The van der Waals surface area contributed by atoms with Gasteiger partial charge in [0.25, 0.3) is 0 Å². The maximum absolute atomic E-state index is 11.2. The Labute approximate surface area is 131 Å². The minimum Gasteiger partial charge on any atom is -0.369 e. The van der Waals surface area contributed by atoms with Crippen LogP contribution in [0.3, 0.4) is 0 Å². The van der Waals surface area contributed by atoms with Crippen molar-refractivity contribution in [1.82, 2.24) is 4.90 Å². The second-order valence-electron chi connectivity index (χ2n) is 6.15. The molecular formula is C18H23N3O. The van der Waals surface area contributed by atoms with E-state index in [9.17, 15) is 4.79 Å². The van der Waals surface area contributed by atoms with Gasteiger partial charge in [-0.2, -0.15) is 0 Å². The highest BCUT2D eigenvalue weighted by Gasteiger charge is 2.24. The number of carbonyl (C=O) groups is 1. The molecular weight excluding hydrogens is 274 g/mol. The molecule has 0 aromatic heterocycles. The van der Waals surface area contributed by atoms with Gasteiger partial charge in [-0.3, -0.25) is 4.79 Å². The summed E-state index contributed by atoms with van der Waals surface area (Å²) in [5, 5.41) is 2.45. The molecule has 1 atom stereocenters. The Kier molecular flexibility index (Phi) is 4.41. The van der Waals surface area contributed by atoms with Crippen LogP contribution in [-0.2, 0) is 4.79 Å². The number of likely N-dealkylation sites (tertiary alicyclic amines) is 1. The summed E-state index contributed by atoms with van der Waals surface area (Å²) >= 11 is 0. The molecule has 1 amide bonds. The third-order valence-electron chi connectivity index (χ3n) is 4.67. The van der Waals surface area contributed by atoms with Crippen LogP contribution in [0.25, 0.3) is 10.8 Å². The normalized spacial score (nSPS) is 18.4. The number of hydrogen-bond donors (Lipinski definition) is 2. The number of nitrogens with zero attached hydrogens (tertiary/aromatic N) is 1. The average molecular weight is 297 g/mol. The van der Waals surface area contributed by atoms with Gasteiger partial charge < -0.3 is 16.4 Å². The Balaban J connectivity index is 1.69. The number of hydrogen-bond acceptors (Lipinski definition) is 3. The van der Waals surface area contributed by atoms with E-state index in [-0.39, 0.29) is 17.9 Å². The third kappa shape index (κ3) is 3.13. The predicted molar refractivity (Wildman–Crippen MR) is 89.2 cm³/mol. The van der Waals surface area contributed by atoms with Crippen LogP contribution in [0, 0.1) is 5.92 Å². The Morgan fingerprint density at radius 3 is 2.55 bits per heavy atom. The molecule has 1 fully saturated rings. The van der Waals surface area contributed by atoms with Crippen molar-refractivity contribution in [3.63, 3.8) is 0 Å². The van der Waals surface area contributed by atoms with E-state index >= 15 is 0 Å². The largest absolute Gasteiger partial charge is 0.369 e. The smallest absolute Gasteiger partial charge is 0.220 e. The SMILES string of the molecule is NC(=O)C1CCN(CC(N)c2cccc3ccccc23)CC1. The molecule has 2 aromatic carbocycles. The van der Waals surface area contributed by atoms with Gasteiger partial charge in [-0.25, -0.2) is 0 Å². The van der Waals surface area contributed by atoms with Crippen molar-refractivity contribution in [1.29, 1.82) is 0 Å². The van der Waals surface area contributed by atoms with Crippen LogP contribution in [0.4, 0.5) is 0 Å². The second kappa shape index (κ2) is 6.46. The zero-order chi connectivity index (χ0) is 15.5. The molecule has 0 bridgehead atoms. The molecule has 0 saturated carbocycles. The van der Waals surface area contributed by atoms with Crippen LogP contribution >= 0.6 is 0 Å². The highest BCUT2D eigenvalue weighted by molar-refractivity contribution is 5.86. The van der Waals surface area contributed by atoms with E-state index in [4.69, 9.17) is 11.5 Å². The summed E-state index contributed by atoms with van der Waals surface area (Å²) in [7, 11) is 0. The number of nitrogens with two attached hydrogens (primary N) is 2. The molecule has 0 aliphatic carbocycles. The molecule has 22 heavy (non-hydrogen) atoms. The minimum absolute atomic E-state index is 0.0174. The number of primary amides is 1. The Morgan fingerprint density at radius 2 is 1.82 bits per heavy atom. The average Bonchev–Trinajstić information content (AvgIpc) is 2.54. The van der Waals surface area contributed by atoms with Gasteiger partial charge in [-0.05, 0) is 42.3 Å². The molecule has 1 heterocycles. The highest BCUT2D eigenvalue weighted by Crippen LogP contribution is 2.25. The third-order valence-corrected chi connectivity index (χ3v) is 4.67. The monoisotopic (exact) mass is 297 g/mol. The molecule has 4 heteroatoms. The van der Waals surface area contributed by atoms with Gasteiger partial charge in [-0.1, -0.05) is 42.5 Å². The standard InChI is InChI=1S/C18H23N3O/c19-17(12-21-10-8-14(9-11-21)18(20)22)16-7-3-5-13-4-1-2-6-15(13)16/h1-7,14,17H,8-12,19H2,(H2,20,22). The van der Waals surface area contributed by atoms with Crippen molar-refractivity contribution >= 4 is 16.7 Å². The fourth-order valence-electron chi connectivity index (χ4n) is 3.35. The number of rotatable bonds is 4. The Morgan fingerprint density at radius 1 is 1.14 bits per heavy atom. The van der Waals surface area contributed by atoms with Crippen LogP contribution < -0.4 is 11.5 Å². The van der Waals surface area contributed by atoms with E-state index in [2.05, 4.69) is 41.3 Å². The number of carbonyl (C=O) groups excluding carboxylic acids is 1. The first-order valence-electron chi connectivity index (χ1n) is 7.90. The summed E-state index contributed by atoms with van der Waals surface area (Å²) in [6, 6.07) is 14.6. The minimum atomic E-state index is -0.169. The first-order valence-corrected chi connectivity index (χ1v) is 7.90. The summed E-state index contributed by atoms with van der Waals surface area (Å²) < 4.78 is 0. The van der Waals surface area contributed by atoms with E-state index in [0.29, 0.717) is 0 Å². The summed E-state index contributed by atoms with van der Waals surface area (Å²) in [6.07, 6.45) is 1.69. The lowest BCUT2D eigenvalue weighted by molar-refractivity contribution is -0.123. The molecule has 4 nitrogen and oxygen atoms in total. The predicted octanol–water partition coefficient (Wildman–Crippen LogP) is 2.04. The van der Waals surface area contributed by atoms with Gasteiger partial charge >= 0.3 is 0 Å². The number of benzene rings is 2. The summed E-state index contributed by atoms with van der Waals surface area (Å²) in [6.45, 7) is 2.61. The van der Waals surface area contributed by atoms with Crippen molar-refractivity contribution < 1.29 is 4.79 Å². The Bertz CT molecular complexity index is 657. The zero-order valence-corrected chi connectivity index (χ0v) is 12.7. The Hall–Kier alpha value is -1.91. The summed E-state index contributed by atoms with van der Waals surface area (Å²) in [4.78, 5) is 13.6. The van der Waals surface area contributed by atoms with Crippen molar-refractivity contribution in [2.24, 2.45) is 17.4 Å². The van der Waals surface area contributed by atoms with E-state index < -0.39 is 0 Å². The van der Waals surface area contributed by atoms with E-state index in [1.807, 2.05) is 6.07 Å². The highest BCUT2D eigenvalue weighted by atomic mass is 16.1. The maximum atomic E-state index is 11.2. The molecule has 1 aliphatic heterocycles. The van der Waals surface area contributed by atoms with Crippen molar-refractivity contribution in [2.75, 3.05) is 19.6 Å². The summed E-state index contributed by atoms with van der Waals surface area (Å²) in [5.74, 6) is -0.136. The summed E-state index contributed by atoms with van der Waals surface area (Å²) in [5.41, 5.74) is 13.0. The molecule has 4 N–H and O–H groups in total. The lowest BCUT2D eigenvalue weighted by Crippen LogP contribution is -2.41. The number of amides is 1. The maximum Gasteiger partial charge on any atom is 0.220 e. The van der Waals surface area contributed by atoms with Crippen molar-refractivity contribution in [3.8, 4) is 0 Å². The topological polar surface area (TPSA) is 72.4 Å². The first kappa shape index (κ1) is 15.0. The molecule has 1 aliphatic rings. The van der Waals surface area contributed by atoms with Crippen LogP contribution in [0.5, 0.6) is 0 Å². The lowest BCUT2D eigenvalue weighted by atomic mass is 9.94. The second-order valence-corrected chi connectivity index (χ2v) is 6.15. The van der Waals surface area contributed by atoms with Crippen LogP contribution in [0.15, 0.2) is 42.5 Å². The molecule has 1 saturated heterocycles. The molecule has 3 rings (SSSR count). The lowest BCUT2D eigenvalue weighted by Gasteiger charge is -2.32. The van der Waals surface area contributed by atoms with Gasteiger partial charge in [0.1, 0.15) is 0 Å². The fourth-order valence-corrected chi connectivity index (χ4v) is 3.35. The van der Waals surface area contributed by atoms with Crippen molar-refractivity contribution in [3.05, 3.63) is 48.0 Å². The van der Waals surface area contributed by atoms with E-state index in [1.54, 1.807) is 0 Å². The molecule has 2 aromatic rings. The molecule has 0 spiro atoms. The molecule has 0 radical (unpaired) electrons. The number of fused-ring (bicyclic) bond motifs is 1. The van der Waals surface area contributed by atoms with Gasteiger partial charge in [0, 0.05) is 18.5 Å².